The molecule has 1 aliphatic rings. The number of rotatable bonds is 6. The van der Waals surface area contributed by atoms with Gasteiger partial charge in [-0.3, -0.25) is 9.59 Å². The molecule has 2 aromatic rings. The molecule has 1 aromatic heterocycles. The normalized spacial score (nSPS) is 17.3. The number of carbonyl (C=O) groups excluding carboxylic acids is 2. The highest BCUT2D eigenvalue weighted by Crippen LogP contribution is 2.30. The maximum atomic E-state index is 13.0. The molecule has 1 saturated heterocycles. The van der Waals surface area contributed by atoms with Gasteiger partial charge in [-0.25, -0.2) is 8.42 Å². The molecular weight excluding hydrogens is 398 g/mol. The molecule has 156 valence electrons. The van der Waals surface area contributed by atoms with E-state index in [1.165, 1.54) is 13.8 Å². The summed E-state index contributed by atoms with van der Waals surface area (Å²) < 4.78 is 37.1. The molecule has 0 bridgehead atoms. The molecule has 3 rings (SSSR count). The highest BCUT2D eigenvalue weighted by atomic mass is 32.2. The molecule has 1 amide bonds. The van der Waals surface area contributed by atoms with Crippen LogP contribution in [-0.4, -0.2) is 48.9 Å². The molecule has 1 aliphatic heterocycles. The minimum atomic E-state index is -3.97. The van der Waals surface area contributed by atoms with Crippen molar-refractivity contribution >= 4 is 27.6 Å². The van der Waals surface area contributed by atoms with Gasteiger partial charge in [-0.05, 0) is 45.7 Å². The summed E-state index contributed by atoms with van der Waals surface area (Å²) in [5.41, 5.74) is 1.87. The Morgan fingerprint density at radius 2 is 1.93 bits per heavy atom. The summed E-state index contributed by atoms with van der Waals surface area (Å²) in [5.74, 6) is -1.09. The van der Waals surface area contributed by atoms with Gasteiger partial charge in [-0.15, -0.1) is 0 Å². The zero-order valence-corrected chi connectivity index (χ0v) is 17.3. The third-order valence-corrected chi connectivity index (χ3v) is 6.84. The maximum Gasteiger partial charge on any atom is 0.324 e. The number of aryl methyl sites for hydroxylation is 3. The summed E-state index contributed by atoms with van der Waals surface area (Å²) in [5, 5.41) is 6.30. The summed E-state index contributed by atoms with van der Waals surface area (Å²) in [7, 11) is -3.97. The monoisotopic (exact) mass is 421 g/mol. The van der Waals surface area contributed by atoms with Gasteiger partial charge >= 0.3 is 5.97 Å². The van der Waals surface area contributed by atoms with Gasteiger partial charge in [0.2, 0.25) is 10.0 Å². The first kappa shape index (κ1) is 21.0. The van der Waals surface area contributed by atoms with E-state index in [4.69, 9.17) is 9.26 Å². The van der Waals surface area contributed by atoms with E-state index in [1.54, 1.807) is 12.1 Å². The minimum Gasteiger partial charge on any atom is -0.454 e. The molecule has 1 N–H and O–H groups in total. The number of nitrogens with zero attached hydrogens (tertiary/aromatic N) is 2. The van der Waals surface area contributed by atoms with Crippen LogP contribution in [-0.2, 0) is 24.3 Å². The molecule has 2 heterocycles. The van der Waals surface area contributed by atoms with E-state index in [1.807, 2.05) is 19.1 Å². The second-order valence-electron chi connectivity index (χ2n) is 6.95. The number of carbonyl (C=O) groups is 2. The van der Waals surface area contributed by atoms with Crippen molar-refractivity contribution in [3.05, 3.63) is 41.3 Å². The number of sulfonamides is 1. The van der Waals surface area contributed by atoms with Crippen molar-refractivity contribution in [3.63, 3.8) is 0 Å². The summed E-state index contributed by atoms with van der Waals surface area (Å²) in [4.78, 5) is 24.5. The SMILES string of the molecule is Cc1ccc(NC(=O)COC(=O)[C@@H]2CCCN2S(=O)(=O)c2c(C)noc2C)cc1. The molecule has 1 fully saturated rings. The Hall–Kier alpha value is -2.72. The van der Waals surface area contributed by atoms with Gasteiger partial charge in [-0.1, -0.05) is 22.9 Å². The van der Waals surface area contributed by atoms with Crippen LogP contribution < -0.4 is 5.32 Å². The first-order chi connectivity index (χ1) is 13.7. The number of nitrogens with one attached hydrogen (secondary N) is 1. The lowest BCUT2D eigenvalue weighted by Gasteiger charge is -2.22. The maximum absolute atomic E-state index is 13.0. The Balaban J connectivity index is 1.64. The molecule has 0 radical (unpaired) electrons. The van der Waals surface area contributed by atoms with Crippen molar-refractivity contribution in [2.45, 2.75) is 44.6 Å². The number of ether oxygens (including phenoxy) is 1. The number of hydrogen-bond donors (Lipinski definition) is 1. The lowest BCUT2D eigenvalue weighted by molar-refractivity contribution is -0.150. The van der Waals surface area contributed by atoms with Crippen molar-refractivity contribution in [1.29, 1.82) is 0 Å². The zero-order chi connectivity index (χ0) is 21.2. The van der Waals surface area contributed by atoms with Gasteiger partial charge in [0.15, 0.2) is 12.4 Å². The Kier molecular flexibility index (Phi) is 6.04. The Bertz CT molecular complexity index is 994. The molecular formula is C19H23N3O6S. The fraction of sp³-hybridized carbons (Fsp3) is 0.421. The van der Waals surface area contributed by atoms with Crippen LogP contribution >= 0.6 is 0 Å². The smallest absolute Gasteiger partial charge is 0.324 e. The van der Waals surface area contributed by atoms with E-state index in [-0.39, 0.29) is 22.9 Å². The third-order valence-electron chi connectivity index (χ3n) is 4.69. The third kappa shape index (κ3) is 4.48. The van der Waals surface area contributed by atoms with Gasteiger partial charge in [0.25, 0.3) is 5.91 Å². The average molecular weight is 421 g/mol. The number of esters is 1. The molecule has 0 aliphatic carbocycles. The highest BCUT2D eigenvalue weighted by molar-refractivity contribution is 7.89. The van der Waals surface area contributed by atoms with E-state index >= 15 is 0 Å². The zero-order valence-electron chi connectivity index (χ0n) is 16.5. The minimum absolute atomic E-state index is 0.0330. The van der Waals surface area contributed by atoms with Crippen LogP contribution in [0.4, 0.5) is 5.69 Å². The van der Waals surface area contributed by atoms with Crippen molar-refractivity contribution in [2.75, 3.05) is 18.5 Å². The van der Waals surface area contributed by atoms with Gasteiger partial charge < -0.3 is 14.6 Å². The van der Waals surface area contributed by atoms with Crippen LogP contribution in [0.3, 0.4) is 0 Å². The molecule has 0 unspecified atom stereocenters. The molecule has 10 heteroatoms. The summed E-state index contributed by atoms with van der Waals surface area (Å²) >= 11 is 0. The van der Waals surface area contributed by atoms with Gasteiger partial charge in [0.1, 0.15) is 16.6 Å². The second kappa shape index (κ2) is 8.34. The number of amides is 1. The molecule has 29 heavy (non-hydrogen) atoms. The lowest BCUT2D eigenvalue weighted by Crippen LogP contribution is -2.42. The van der Waals surface area contributed by atoms with E-state index < -0.39 is 34.5 Å². The van der Waals surface area contributed by atoms with E-state index in [0.717, 1.165) is 9.87 Å². The molecule has 1 atom stereocenters. The Morgan fingerprint density at radius 1 is 1.24 bits per heavy atom. The van der Waals surface area contributed by atoms with Crippen LogP contribution in [0.5, 0.6) is 0 Å². The van der Waals surface area contributed by atoms with Crippen molar-refractivity contribution in [3.8, 4) is 0 Å². The number of anilines is 1. The summed E-state index contributed by atoms with van der Waals surface area (Å²) in [6.07, 6.45) is 0.832. The average Bonchev–Trinajstić information content (AvgIpc) is 3.29. The van der Waals surface area contributed by atoms with Crippen molar-refractivity contribution in [1.82, 2.24) is 9.46 Å². The van der Waals surface area contributed by atoms with Gasteiger partial charge in [-0.2, -0.15) is 4.31 Å². The topological polar surface area (TPSA) is 119 Å². The molecule has 0 spiro atoms. The Morgan fingerprint density at radius 3 is 2.55 bits per heavy atom. The van der Waals surface area contributed by atoms with Crippen LogP contribution in [0, 0.1) is 20.8 Å². The van der Waals surface area contributed by atoms with Crippen LogP contribution in [0.25, 0.3) is 0 Å². The first-order valence-corrected chi connectivity index (χ1v) is 10.6. The fourth-order valence-corrected chi connectivity index (χ4v) is 5.23. The fourth-order valence-electron chi connectivity index (χ4n) is 3.29. The molecule has 0 saturated carbocycles. The standard InChI is InChI=1S/C19H23N3O6S/c1-12-6-8-15(9-7-12)20-17(23)11-27-19(24)16-5-4-10-22(16)29(25,26)18-13(2)21-28-14(18)3/h6-9,16H,4-5,10-11H2,1-3H3,(H,20,23)/t16-/m0/s1. The summed E-state index contributed by atoms with van der Waals surface area (Å²) in [6.45, 7) is 4.65. The quantitative estimate of drug-likeness (QED) is 0.708. The van der Waals surface area contributed by atoms with Gasteiger partial charge in [0, 0.05) is 12.2 Å². The van der Waals surface area contributed by atoms with Crippen LogP contribution in [0.15, 0.2) is 33.7 Å². The van der Waals surface area contributed by atoms with Crippen molar-refractivity contribution in [2.24, 2.45) is 0 Å². The number of hydrogen-bond acceptors (Lipinski definition) is 7. The van der Waals surface area contributed by atoms with Crippen LogP contribution in [0.2, 0.25) is 0 Å². The Labute approximate surface area is 169 Å². The van der Waals surface area contributed by atoms with E-state index in [9.17, 15) is 18.0 Å². The number of benzene rings is 1. The molecule has 9 nitrogen and oxygen atoms in total. The lowest BCUT2D eigenvalue weighted by atomic mass is 10.2. The largest absolute Gasteiger partial charge is 0.454 e. The molecule has 1 aromatic carbocycles. The summed E-state index contributed by atoms with van der Waals surface area (Å²) in [6, 6.07) is 6.18. The van der Waals surface area contributed by atoms with Crippen LogP contribution in [0.1, 0.15) is 29.9 Å². The number of aromatic nitrogens is 1. The van der Waals surface area contributed by atoms with E-state index in [0.29, 0.717) is 18.5 Å². The van der Waals surface area contributed by atoms with Gasteiger partial charge in [0.05, 0.1) is 0 Å². The highest BCUT2D eigenvalue weighted by Gasteiger charge is 2.42. The predicted molar refractivity (Wildman–Crippen MR) is 104 cm³/mol. The van der Waals surface area contributed by atoms with Crippen molar-refractivity contribution < 1.29 is 27.3 Å². The first-order valence-electron chi connectivity index (χ1n) is 9.18. The second-order valence-corrected chi connectivity index (χ2v) is 8.78. The van der Waals surface area contributed by atoms with E-state index in [2.05, 4.69) is 10.5 Å². The predicted octanol–water partition coefficient (Wildman–Crippen LogP) is 1.93.